The Hall–Kier alpha value is -2.58. The number of carboxylic acids is 1. The molecule has 0 aliphatic heterocycles. The van der Waals surface area contributed by atoms with Crippen LogP contribution in [-0.4, -0.2) is 55.7 Å². The van der Waals surface area contributed by atoms with Crippen molar-refractivity contribution in [1.82, 2.24) is 4.90 Å². The maximum Gasteiger partial charge on any atom is 0.341 e. The van der Waals surface area contributed by atoms with Gasteiger partial charge in [-0.15, -0.1) is 0 Å². The average Bonchev–Trinajstić information content (AvgIpc) is 2.75. The van der Waals surface area contributed by atoms with Crippen molar-refractivity contribution in [3.63, 3.8) is 0 Å². The Kier molecular flexibility index (Phi) is 8.69. The first kappa shape index (κ1) is 25.7. The third-order valence-corrected chi connectivity index (χ3v) is 7.36. The molecule has 1 amide bonds. The summed E-state index contributed by atoms with van der Waals surface area (Å²) in [5, 5.41) is 8.57. The summed E-state index contributed by atoms with van der Waals surface area (Å²) in [4.78, 5) is 25.4. The molecule has 0 bridgehead atoms. The van der Waals surface area contributed by atoms with Crippen LogP contribution >= 0.6 is 11.6 Å². The van der Waals surface area contributed by atoms with E-state index >= 15 is 0 Å². The van der Waals surface area contributed by atoms with Gasteiger partial charge in [0, 0.05) is 24.2 Å². The maximum atomic E-state index is 13.1. The Labute approximate surface area is 193 Å². The van der Waals surface area contributed by atoms with Gasteiger partial charge in [0.1, 0.15) is 5.75 Å². The van der Waals surface area contributed by atoms with Gasteiger partial charge in [0.2, 0.25) is 0 Å². The monoisotopic (exact) mass is 481 g/mol. The Morgan fingerprint density at radius 1 is 1.16 bits per heavy atom. The number of aliphatic carboxylic acids is 1. The highest BCUT2D eigenvalue weighted by Gasteiger charge is 2.28. The van der Waals surface area contributed by atoms with E-state index in [9.17, 15) is 18.0 Å². The van der Waals surface area contributed by atoms with Crippen molar-refractivity contribution in [2.75, 3.05) is 20.2 Å². The van der Waals surface area contributed by atoms with Gasteiger partial charge in [0.25, 0.3) is 5.91 Å². The number of amides is 1. The van der Waals surface area contributed by atoms with Crippen LogP contribution in [0.4, 0.5) is 0 Å². The molecule has 0 spiro atoms. The highest BCUT2D eigenvalue weighted by molar-refractivity contribution is 7.92. The van der Waals surface area contributed by atoms with Crippen LogP contribution in [0.1, 0.15) is 44.0 Å². The van der Waals surface area contributed by atoms with E-state index in [2.05, 4.69) is 0 Å². The van der Waals surface area contributed by atoms with Crippen LogP contribution in [-0.2, 0) is 14.6 Å². The lowest BCUT2D eigenvalue weighted by Crippen LogP contribution is -2.30. The second kappa shape index (κ2) is 10.8. The zero-order valence-electron chi connectivity index (χ0n) is 18.6. The highest BCUT2D eigenvalue weighted by atomic mass is 35.5. The first-order valence-electron chi connectivity index (χ1n) is 10.3. The minimum atomic E-state index is -3.80. The normalized spacial score (nSPS) is 11.4. The predicted molar refractivity (Wildman–Crippen MR) is 124 cm³/mol. The summed E-state index contributed by atoms with van der Waals surface area (Å²) in [6.45, 7) is 5.07. The lowest BCUT2D eigenvalue weighted by Gasteiger charge is -2.21. The average molecular weight is 482 g/mol. The number of nitrogens with zero attached hydrogens (tertiary/aromatic N) is 1. The van der Waals surface area contributed by atoms with Crippen molar-refractivity contribution in [2.24, 2.45) is 0 Å². The molecule has 7 nitrogen and oxygen atoms in total. The van der Waals surface area contributed by atoms with Gasteiger partial charge in [-0.2, -0.15) is 0 Å². The molecule has 0 aliphatic rings. The summed E-state index contributed by atoms with van der Waals surface area (Å²) >= 11 is 6.13. The summed E-state index contributed by atoms with van der Waals surface area (Å²) in [7, 11) is -2.16. The van der Waals surface area contributed by atoms with Gasteiger partial charge < -0.3 is 14.7 Å². The van der Waals surface area contributed by atoms with Crippen LogP contribution in [0.5, 0.6) is 5.75 Å². The first-order valence-corrected chi connectivity index (χ1v) is 12.2. The van der Waals surface area contributed by atoms with E-state index in [1.54, 1.807) is 39.1 Å². The molecule has 9 heteroatoms. The molecule has 0 atom stereocenters. The summed E-state index contributed by atoms with van der Waals surface area (Å²) in [6, 6.07) is 9.16. The van der Waals surface area contributed by atoms with Crippen LogP contribution in [0.3, 0.4) is 0 Å². The molecule has 2 aromatic carbocycles. The van der Waals surface area contributed by atoms with E-state index in [4.69, 9.17) is 21.4 Å². The molecule has 174 valence electrons. The fourth-order valence-corrected chi connectivity index (χ4v) is 4.48. The quantitative estimate of drug-likeness (QED) is 0.535. The Morgan fingerprint density at radius 3 is 2.44 bits per heavy atom. The van der Waals surface area contributed by atoms with E-state index in [0.717, 1.165) is 12.8 Å². The van der Waals surface area contributed by atoms with E-state index in [1.165, 1.54) is 23.1 Å². The van der Waals surface area contributed by atoms with E-state index in [-0.39, 0.29) is 22.1 Å². The number of hydrogen-bond acceptors (Lipinski definition) is 5. The number of rotatable bonds is 10. The number of unbranched alkanes of at least 4 members (excludes halogenated alkanes) is 1. The van der Waals surface area contributed by atoms with E-state index < -0.39 is 27.7 Å². The molecule has 0 aliphatic carbocycles. The molecule has 0 heterocycles. The Morgan fingerprint density at radius 2 is 1.84 bits per heavy atom. The van der Waals surface area contributed by atoms with Crippen LogP contribution < -0.4 is 4.74 Å². The van der Waals surface area contributed by atoms with Crippen molar-refractivity contribution in [2.45, 2.75) is 43.8 Å². The van der Waals surface area contributed by atoms with Crippen LogP contribution in [0.15, 0.2) is 41.3 Å². The summed E-state index contributed by atoms with van der Waals surface area (Å²) < 4.78 is 31.6. The molecule has 0 saturated carbocycles. The van der Waals surface area contributed by atoms with Crippen molar-refractivity contribution in [3.8, 4) is 16.9 Å². The van der Waals surface area contributed by atoms with Gasteiger partial charge in [0.15, 0.2) is 16.4 Å². The van der Waals surface area contributed by atoms with Crippen molar-refractivity contribution >= 4 is 33.3 Å². The second-order valence-corrected chi connectivity index (χ2v) is 10.6. The zero-order chi connectivity index (χ0) is 24.1. The molecule has 0 saturated heterocycles. The zero-order valence-corrected chi connectivity index (χ0v) is 20.2. The molecule has 2 rings (SSSR count). The summed E-state index contributed by atoms with van der Waals surface area (Å²) in [5.41, 5.74) is 0.966. The molecular weight excluding hydrogens is 454 g/mol. The van der Waals surface area contributed by atoms with Crippen LogP contribution in [0.25, 0.3) is 11.1 Å². The molecule has 0 radical (unpaired) electrons. The number of hydrogen-bond donors (Lipinski definition) is 1. The van der Waals surface area contributed by atoms with Crippen molar-refractivity contribution in [1.29, 1.82) is 0 Å². The number of carbonyl (C=O) groups is 2. The van der Waals surface area contributed by atoms with Crippen LogP contribution in [0, 0.1) is 0 Å². The number of carbonyl (C=O) groups excluding carboxylic acids is 1. The summed E-state index contributed by atoms with van der Waals surface area (Å²) in [5.74, 6) is -1.29. The smallest absolute Gasteiger partial charge is 0.341 e. The number of ether oxygens (including phenoxy) is 1. The third-order valence-electron chi connectivity index (χ3n) is 4.94. The largest absolute Gasteiger partial charge is 0.481 e. The van der Waals surface area contributed by atoms with Crippen molar-refractivity contribution < 1.29 is 27.9 Å². The molecule has 1 N–H and O–H groups in total. The van der Waals surface area contributed by atoms with Crippen molar-refractivity contribution in [3.05, 3.63) is 47.0 Å². The number of sulfone groups is 1. The van der Waals surface area contributed by atoms with E-state index in [0.29, 0.717) is 22.7 Å². The lowest BCUT2D eigenvalue weighted by atomic mass is 10.0. The molecule has 2 aromatic rings. The standard InChI is InChI=1S/C23H28ClNO6S/c1-5-6-11-25(4)23(28)18-9-7-16(12-21(18)32(29,30)15(2)3)19-13-17(24)8-10-20(19)31-14-22(26)27/h7-10,12-13,15H,5-6,11,14H2,1-4H3,(H,26,27). The molecular formula is C23H28ClNO6S. The number of halogens is 1. The van der Waals surface area contributed by atoms with Gasteiger partial charge in [-0.05, 0) is 56.2 Å². The fraction of sp³-hybridized carbons (Fsp3) is 0.391. The lowest BCUT2D eigenvalue weighted by molar-refractivity contribution is -0.139. The van der Waals surface area contributed by atoms with Gasteiger partial charge in [-0.3, -0.25) is 4.79 Å². The highest BCUT2D eigenvalue weighted by Crippen LogP contribution is 2.35. The maximum absolute atomic E-state index is 13.1. The fourth-order valence-electron chi connectivity index (χ4n) is 3.05. The number of carboxylic acid groups (broad SMARTS) is 1. The van der Waals surface area contributed by atoms with Gasteiger partial charge in [-0.25, -0.2) is 13.2 Å². The Bertz CT molecular complexity index is 1100. The second-order valence-electron chi connectivity index (χ2n) is 7.71. The third kappa shape index (κ3) is 6.01. The topological polar surface area (TPSA) is 101 Å². The summed E-state index contributed by atoms with van der Waals surface area (Å²) in [6.07, 6.45) is 1.71. The molecule has 0 unspecified atom stereocenters. The SMILES string of the molecule is CCCCN(C)C(=O)c1ccc(-c2cc(Cl)ccc2OCC(=O)O)cc1S(=O)(=O)C(C)C. The Balaban J connectivity index is 2.65. The van der Waals surface area contributed by atoms with Gasteiger partial charge in [-0.1, -0.05) is 31.0 Å². The van der Waals surface area contributed by atoms with E-state index in [1.807, 2.05) is 6.92 Å². The molecule has 32 heavy (non-hydrogen) atoms. The van der Waals surface area contributed by atoms with Gasteiger partial charge >= 0.3 is 5.97 Å². The molecule has 0 aromatic heterocycles. The van der Waals surface area contributed by atoms with Gasteiger partial charge in [0.05, 0.1) is 15.7 Å². The van der Waals surface area contributed by atoms with Crippen LogP contribution in [0.2, 0.25) is 5.02 Å². The minimum absolute atomic E-state index is 0.0810. The predicted octanol–water partition coefficient (Wildman–Crippen LogP) is 4.52. The molecule has 0 fully saturated rings. The minimum Gasteiger partial charge on any atom is -0.481 e. The first-order chi connectivity index (χ1) is 15.0. The number of benzene rings is 2.